The molecule has 184 valence electrons. The molecule has 0 saturated carbocycles. The molecule has 7 rings (SSSR count). The van der Waals surface area contributed by atoms with Crippen LogP contribution in [0.3, 0.4) is 0 Å². The number of benzene rings is 4. The van der Waals surface area contributed by atoms with Crippen LogP contribution < -0.4 is 0 Å². The van der Waals surface area contributed by atoms with Gasteiger partial charge in [-0.2, -0.15) is 0 Å². The van der Waals surface area contributed by atoms with Crippen LogP contribution in [0.25, 0.3) is 21.5 Å². The second-order valence-corrected chi connectivity index (χ2v) is 10.5. The van der Waals surface area contributed by atoms with Crippen LogP contribution in [0.4, 0.5) is 0 Å². The smallest absolute Gasteiger partial charge is 0.192 e. The SMILES string of the molecule is O=C1C(=CC2=C(Cl)C(=CC3C(=O)c4cc5ccccc5cc4C3=O)CC2)C(O)c2cc3ccccc3cc21. The Kier molecular flexibility index (Phi) is 5.12. The highest BCUT2D eigenvalue weighted by atomic mass is 35.5. The summed E-state index contributed by atoms with van der Waals surface area (Å²) in [6.07, 6.45) is 3.43. The number of hydrogen-bond acceptors (Lipinski definition) is 4. The first-order chi connectivity index (χ1) is 18.4. The molecule has 0 radical (unpaired) electrons. The van der Waals surface area contributed by atoms with Crippen LogP contribution in [0.15, 0.2) is 107 Å². The van der Waals surface area contributed by atoms with Crippen molar-refractivity contribution in [2.24, 2.45) is 5.92 Å². The monoisotopic (exact) mass is 516 g/mol. The number of carbonyl (C=O) groups is 3. The van der Waals surface area contributed by atoms with Gasteiger partial charge in [0.15, 0.2) is 17.3 Å². The van der Waals surface area contributed by atoms with Gasteiger partial charge in [-0.25, -0.2) is 0 Å². The number of rotatable bonds is 2. The first-order valence-corrected chi connectivity index (χ1v) is 13.0. The van der Waals surface area contributed by atoms with Gasteiger partial charge in [-0.1, -0.05) is 66.2 Å². The lowest BCUT2D eigenvalue weighted by molar-refractivity contribution is 0.0870. The number of aliphatic hydroxyl groups excluding tert-OH is 1. The highest BCUT2D eigenvalue weighted by Gasteiger charge is 2.39. The largest absolute Gasteiger partial charge is 0.383 e. The third kappa shape index (κ3) is 3.38. The Balaban J connectivity index is 1.22. The van der Waals surface area contributed by atoms with E-state index in [1.54, 1.807) is 24.3 Å². The maximum absolute atomic E-state index is 13.2. The van der Waals surface area contributed by atoms with Crippen LogP contribution in [0.1, 0.15) is 55.6 Å². The Morgan fingerprint density at radius 2 is 1.26 bits per heavy atom. The zero-order valence-electron chi connectivity index (χ0n) is 20.2. The average Bonchev–Trinajstić information content (AvgIpc) is 3.48. The zero-order valence-corrected chi connectivity index (χ0v) is 21.0. The summed E-state index contributed by atoms with van der Waals surface area (Å²) in [6.45, 7) is 0. The standard InChI is InChI=1S/C33H21ClO4/c34-29-21(15-27-30(35)23-11-17-5-1-2-6-18(17)12-24(23)31(27)36)9-10-22(29)16-28-32(37)25-13-19-7-3-4-8-20(19)14-26(25)33(28)38/h1-8,11-16,27,32,37H,9-10H2. The van der Waals surface area contributed by atoms with Gasteiger partial charge in [0, 0.05) is 27.3 Å². The lowest BCUT2D eigenvalue weighted by Crippen LogP contribution is -2.12. The van der Waals surface area contributed by atoms with Gasteiger partial charge in [0.2, 0.25) is 0 Å². The summed E-state index contributed by atoms with van der Waals surface area (Å²) >= 11 is 6.74. The molecule has 0 aliphatic heterocycles. The van der Waals surface area contributed by atoms with E-state index in [1.165, 1.54) is 0 Å². The van der Waals surface area contributed by atoms with Crippen molar-refractivity contribution in [1.29, 1.82) is 0 Å². The van der Waals surface area contributed by atoms with Crippen molar-refractivity contribution >= 4 is 50.5 Å². The average molecular weight is 517 g/mol. The summed E-state index contributed by atoms with van der Waals surface area (Å²) in [5.74, 6) is -1.56. The molecular formula is C33H21ClO4. The molecule has 0 bridgehead atoms. The zero-order chi connectivity index (χ0) is 26.1. The van der Waals surface area contributed by atoms with Gasteiger partial charge in [-0.3, -0.25) is 14.4 Å². The number of hydrogen-bond donors (Lipinski definition) is 1. The van der Waals surface area contributed by atoms with E-state index in [1.807, 2.05) is 60.7 Å². The maximum atomic E-state index is 13.2. The molecule has 3 aliphatic carbocycles. The number of fused-ring (bicyclic) bond motifs is 4. The molecule has 0 aromatic heterocycles. The molecule has 0 heterocycles. The van der Waals surface area contributed by atoms with Gasteiger partial charge in [0.05, 0.1) is 0 Å². The fourth-order valence-electron chi connectivity index (χ4n) is 5.90. The van der Waals surface area contributed by atoms with Crippen LogP contribution in [0, 0.1) is 5.92 Å². The van der Waals surface area contributed by atoms with E-state index in [2.05, 4.69) is 0 Å². The molecule has 4 aromatic carbocycles. The van der Waals surface area contributed by atoms with E-state index >= 15 is 0 Å². The number of allylic oxidation sites excluding steroid dienone is 5. The Labute approximate surface area is 223 Å². The summed E-state index contributed by atoms with van der Waals surface area (Å²) in [5, 5.41) is 15.2. The van der Waals surface area contributed by atoms with Crippen LogP contribution in [0.5, 0.6) is 0 Å². The predicted molar refractivity (Wildman–Crippen MR) is 148 cm³/mol. The molecule has 0 amide bonds. The number of aliphatic hydroxyl groups is 1. The molecule has 0 saturated heterocycles. The minimum absolute atomic E-state index is 0.212. The Bertz CT molecular complexity index is 1800. The fraction of sp³-hybridized carbons (Fsp3) is 0.121. The van der Waals surface area contributed by atoms with Crippen molar-refractivity contribution in [3.8, 4) is 0 Å². The first kappa shape index (κ1) is 23.0. The minimum Gasteiger partial charge on any atom is -0.383 e. The molecule has 0 spiro atoms. The van der Waals surface area contributed by atoms with E-state index in [9.17, 15) is 19.5 Å². The van der Waals surface area contributed by atoms with Crippen molar-refractivity contribution in [2.75, 3.05) is 0 Å². The van der Waals surface area contributed by atoms with Gasteiger partial charge in [-0.15, -0.1) is 0 Å². The third-order valence-electron chi connectivity index (χ3n) is 7.92. The van der Waals surface area contributed by atoms with Gasteiger partial charge in [0.25, 0.3) is 0 Å². The van der Waals surface area contributed by atoms with Crippen LogP contribution in [-0.4, -0.2) is 22.5 Å². The highest BCUT2D eigenvalue weighted by molar-refractivity contribution is 6.33. The van der Waals surface area contributed by atoms with Gasteiger partial charge >= 0.3 is 0 Å². The lowest BCUT2D eigenvalue weighted by Gasteiger charge is -2.06. The number of halogens is 1. The van der Waals surface area contributed by atoms with E-state index in [-0.39, 0.29) is 22.9 Å². The van der Waals surface area contributed by atoms with Crippen molar-refractivity contribution in [3.63, 3.8) is 0 Å². The van der Waals surface area contributed by atoms with E-state index in [4.69, 9.17) is 11.6 Å². The van der Waals surface area contributed by atoms with Crippen LogP contribution >= 0.6 is 11.6 Å². The number of carbonyl (C=O) groups excluding carboxylic acids is 3. The first-order valence-electron chi connectivity index (χ1n) is 12.6. The maximum Gasteiger partial charge on any atom is 0.192 e. The van der Waals surface area contributed by atoms with E-state index in [0.717, 1.165) is 27.1 Å². The van der Waals surface area contributed by atoms with Crippen molar-refractivity contribution < 1.29 is 19.5 Å². The molecule has 5 heteroatoms. The topological polar surface area (TPSA) is 71.4 Å². The van der Waals surface area contributed by atoms with Gasteiger partial charge in [-0.05, 0) is 81.4 Å². The molecule has 1 atom stereocenters. The molecular weight excluding hydrogens is 496 g/mol. The molecule has 38 heavy (non-hydrogen) atoms. The lowest BCUT2D eigenvalue weighted by atomic mass is 10.00. The van der Waals surface area contributed by atoms with Crippen LogP contribution in [0.2, 0.25) is 0 Å². The second-order valence-electron chi connectivity index (χ2n) is 10.1. The molecule has 0 fully saturated rings. The molecule has 4 aromatic rings. The second kappa shape index (κ2) is 8.45. The van der Waals surface area contributed by atoms with Crippen LogP contribution in [-0.2, 0) is 0 Å². The molecule has 3 aliphatic rings. The normalized spacial score (nSPS) is 21.5. The molecule has 1 N–H and O–H groups in total. The summed E-state index contributed by atoms with van der Waals surface area (Å²) < 4.78 is 0. The quantitative estimate of drug-likeness (QED) is 0.229. The number of Topliss-reactive ketones (excluding diaryl/α,β-unsaturated/α-hetero) is 3. The predicted octanol–water partition coefficient (Wildman–Crippen LogP) is 7.06. The Morgan fingerprint density at radius 1 is 0.737 bits per heavy atom. The third-order valence-corrected chi connectivity index (χ3v) is 8.41. The Morgan fingerprint density at radius 3 is 1.84 bits per heavy atom. The summed E-state index contributed by atoms with van der Waals surface area (Å²) in [7, 11) is 0. The van der Waals surface area contributed by atoms with Crippen molar-refractivity contribution in [2.45, 2.75) is 18.9 Å². The Hall–Kier alpha value is -4.12. The molecule has 1 unspecified atom stereocenters. The summed E-state index contributed by atoms with van der Waals surface area (Å²) in [5.41, 5.74) is 3.71. The van der Waals surface area contributed by atoms with Gasteiger partial charge < -0.3 is 5.11 Å². The minimum atomic E-state index is -1.03. The fourth-order valence-corrected chi connectivity index (χ4v) is 6.21. The van der Waals surface area contributed by atoms with E-state index in [0.29, 0.717) is 45.7 Å². The highest BCUT2D eigenvalue weighted by Crippen LogP contribution is 2.43. The summed E-state index contributed by atoms with van der Waals surface area (Å²) in [4.78, 5) is 39.6. The van der Waals surface area contributed by atoms with Crippen molar-refractivity contribution in [3.05, 3.63) is 129 Å². The molecule has 4 nitrogen and oxygen atoms in total. The summed E-state index contributed by atoms with van der Waals surface area (Å²) in [6, 6.07) is 22.7. The van der Waals surface area contributed by atoms with Crippen molar-refractivity contribution in [1.82, 2.24) is 0 Å². The van der Waals surface area contributed by atoms with Gasteiger partial charge in [0.1, 0.15) is 12.0 Å². The number of ketones is 3. The van der Waals surface area contributed by atoms with E-state index < -0.39 is 12.0 Å².